The number of halogens is 3. The van der Waals surface area contributed by atoms with Gasteiger partial charge in [-0.25, -0.2) is 22.7 Å². The van der Waals surface area contributed by atoms with Crippen LogP contribution in [0.4, 0.5) is 13.2 Å². The second-order valence-corrected chi connectivity index (χ2v) is 10.8. The fraction of sp³-hybridized carbons (Fsp3) is 0.385. The monoisotopic (exact) mass is 580 g/mol. The SMILES string of the molecule is CCCCOc1ccc(S(=O)(=O)NCCCn2nc3c(c2C(=O)OC(=O)C(F)(F)F)CCc2cnccc2-3)cc1. The number of esters is 2. The molecule has 0 bridgehead atoms. The summed E-state index contributed by atoms with van der Waals surface area (Å²) in [5, 5.41) is 4.42. The van der Waals surface area contributed by atoms with E-state index in [0.29, 0.717) is 35.6 Å². The Bertz CT molecular complexity index is 1490. The molecule has 0 radical (unpaired) electrons. The van der Waals surface area contributed by atoms with Gasteiger partial charge in [0.15, 0.2) is 5.69 Å². The first-order valence-electron chi connectivity index (χ1n) is 12.6. The Balaban J connectivity index is 1.47. The van der Waals surface area contributed by atoms with Crippen molar-refractivity contribution in [3.63, 3.8) is 0 Å². The number of unbranched alkanes of at least 4 members (excludes halogenated alkanes) is 1. The van der Waals surface area contributed by atoms with Crippen molar-refractivity contribution < 1.29 is 40.7 Å². The highest BCUT2D eigenvalue weighted by Crippen LogP contribution is 2.34. The van der Waals surface area contributed by atoms with E-state index in [0.717, 1.165) is 23.1 Å². The Morgan fingerprint density at radius 1 is 1.10 bits per heavy atom. The molecule has 0 saturated carbocycles. The summed E-state index contributed by atoms with van der Waals surface area (Å²) < 4.78 is 76.9. The molecule has 1 aliphatic rings. The largest absolute Gasteiger partial charge is 0.494 e. The zero-order chi connectivity index (χ0) is 28.9. The number of aromatic nitrogens is 3. The summed E-state index contributed by atoms with van der Waals surface area (Å²) in [5.74, 6) is -3.56. The highest BCUT2D eigenvalue weighted by atomic mass is 32.2. The number of hydrogen-bond donors (Lipinski definition) is 1. The van der Waals surface area contributed by atoms with Gasteiger partial charge in [0.05, 0.1) is 17.2 Å². The number of benzene rings is 1. The highest BCUT2D eigenvalue weighted by molar-refractivity contribution is 7.89. The standard InChI is InChI=1S/C26H27F3N4O6S/c1-2-3-15-38-18-6-8-19(9-7-18)40(36,37)31-12-4-14-33-23(24(34)39-25(35)26(27,28)29)21-10-5-17-16-30-13-11-20(17)22(21)32-33/h6-9,11,13,16,31H,2-5,10,12,14-15H2,1H3. The summed E-state index contributed by atoms with van der Waals surface area (Å²) in [6.07, 6.45) is 0.518. The normalized spacial score (nSPS) is 12.9. The third kappa shape index (κ3) is 6.67. The number of sulfonamides is 1. The maximum Gasteiger partial charge on any atom is 0.491 e. The van der Waals surface area contributed by atoms with E-state index in [1.807, 2.05) is 6.92 Å². The fourth-order valence-electron chi connectivity index (χ4n) is 4.22. The molecule has 0 spiro atoms. The minimum atomic E-state index is -5.35. The number of pyridine rings is 1. The molecule has 1 aromatic carbocycles. The first-order chi connectivity index (χ1) is 19.0. The topological polar surface area (TPSA) is 129 Å². The van der Waals surface area contributed by atoms with Crippen LogP contribution in [0.25, 0.3) is 11.3 Å². The van der Waals surface area contributed by atoms with Crippen molar-refractivity contribution in [3.8, 4) is 17.0 Å². The second kappa shape index (κ2) is 12.2. The average Bonchev–Trinajstić information content (AvgIpc) is 3.30. The van der Waals surface area contributed by atoms with Gasteiger partial charge in [0.25, 0.3) is 0 Å². The van der Waals surface area contributed by atoms with Crippen molar-refractivity contribution >= 4 is 22.0 Å². The van der Waals surface area contributed by atoms with Crippen molar-refractivity contribution in [3.05, 3.63) is 59.5 Å². The van der Waals surface area contributed by atoms with Gasteiger partial charge in [0.2, 0.25) is 10.0 Å². The van der Waals surface area contributed by atoms with Gasteiger partial charge in [0.1, 0.15) is 5.75 Å². The summed E-state index contributed by atoms with van der Waals surface area (Å²) in [6, 6.07) is 7.64. The summed E-state index contributed by atoms with van der Waals surface area (Å²) in [6.45, 7) is 2.46. The quantitative estimate of drug-likeness (QED) is 0.206. The van der Waals surface area contributed by atoms with E-state index >= 15 is 0 Å². The molecule has 1 N–H and O–H groups in total. The number of fused-ring (bicyclic) bond motifs is 3. The van der Waals surface area contributed by atoms with Crippen LogP contribution in [-0.4, -0.2) is 54.4 Å². The van der Waals surface area contributed by atoms with E-state index < -0.39 is 28.1 Å². The van der Waals surface area contributed by atoms with Gasteiger partial charge < -0.3 is 9.47 Å². The minimum absolute atomic E-state index is 0.0324. The summed E-state index contributed by atoms with van der Waals surface area (Å²) in [4.78, 5) is 28.2. The van der Waals surface area contributed by atoms with E-state index in [2.05, 4.69) is 19.5 Å². The molecule has 0 aliphatic heterocycles. The number of nitrogens with zero attached hydrogens (tertiary/aromatic N) is 3. The number of hydrogen-bond acceptors (Lipinski definition) is 8. The van der Waals surface area contributed by atoms with Crippen molar-refractivity contribution in [2.45, 2.75) is 56.6 Å². The van der Waals surface area contributed by atoms with Crippen LogP contribution in [0.2, 0.25) is 0 Å². The fourth-order valence-corrected chi connectivity index (χ4v) is 5.29. The number of carbonyl (C=O) groups excluding carboxylic acids is 2. The van der Waals surface area contributed by atoms with Crippen LogP contribution in [0.15, 0.2) is 47.6 Å². The number of aryl methyl sites for hydroxylation is 2. The maximum absolute atomic E-state index is 12.8. The van der Waals surface area contributed by atoms with Gasteiger partial charge in [-0.2, -0.15) is 18.3 Å². The predicted octanol–water partition coefficient (Wildman–Crippen LogP) is 3.84. The summed E-state index contributed by atoms with van der Waals surface area (Å²) in [7, 11) is -3.86. The first kappa shape index (κ1) is 29.2. The third-order valence-corrected chi connectivity index (χ3v) is 7.68. The lowest BCUT2D eigenvalue weighted by Gasteiger charge is -2.15. The van der Waals surface area contributed by atoms with Crippen molar-refractivity contribution in [2.24, 2.45) is 0 Å². The number of alkyl halides is 3. The Morgan fingerprint density at radius 3 is 2.55 bits per heavy atom. The second-order valence-electron chi connectivity index (χ2n) is 9.03. The Labute approximate surface area is 228 Å². The lowest BCUT2D eigenvalue weighted by Crippen LogP contribution is -2.30. The Morgan fingerprint density at radius 2 is 1.85 bits per heavy atom. The van der Waals surface area contributed by atoms with Gasteiger partial charge in [-0.1, -0.05) is 13.3 Å². The molecular formula is C26H27F3N4O6S. The number of rotatable bonds is 11. The summed E-state index contributed by atoms with van der Waals surface area (Å²) in [5.41, 5.74) is 1.95. The van der Waals surface area contributed by atoms with Crippen LogP contribution in [-0.2, 0) is 38.9 Å². The molecule has 2 heterocycles. The summed E-state index contributed by atoms with van der Waals surface area (Å²) >= 11 is 0. The lowest BCUT2D eigenvalue weighted by molar-refractivity contribution is -0.193. The molecule has 40 heavy (non-hydrogen) atoms. The van der Waals surface area contributed by atoms with Crippen LogP contribution in [0.3, 0.4) is 0 Å². The molecule has 10 nitrogen and oxygen atoms in total. The van der Waals surface area contributed by atoms with Gasteiger partial charge >= 0.3 is 18.1 Å². The molecule has 214 valence electrons. The number of nitrogens with one attached hydrogen (secondary N) is 1. The highest BCUT2D eigenvalue weighted by Gasteiger charge is 2.43. The van der Waals surface area contributed by atoms with Crippen molar-refractivity contribution in [1.29, 1.82) is 0 Å². The lowest BCUT2D eigenvalue weighted by atomic mass is 9.90. The molecule has 4 rings (SSSR count). The number of carbonyl (C=O) groups is 2. The molecule has 0 amide bonds. The van der Waals surface area contributed by atoms with Gasteiger partial charge in [0, 0.05) is 36.6 Å². The van der Waals surface area contributed by atoms with Crippen LogP contribution >= 0.6 is 0 Å². The molecule has 0 saturated heterocycles. The molecule has 2 aromatic heterocycles. The average molecular weight is 581 g/mol. The maximum atomic E-state index is 12.8. The third-order valence-electron chi connectivity index (χ3n) is 6.20. The zero-order valence-corrected chi connectivity index (χ0v) is 22.3. The van der Waals surface area contributed by atoms with E-state index in [1.54, 1.807) is 24.4 Å². The van der Waals surface area contributed by atoms with Gasteiger partial charge in [-0.3, -0.25) is 9.67 Å². The number of ether oxygens (including phenoxy) is 2. The molecule has 1 aliphatic carbocycles. The molecule has 14 heteroatoms. The van der Waals surface area contributed by atoms with E-state index in [9.17, 15) is 31.2 Å². The van der Waals surface area contributed by atoms with Gasteiger partial charge in [-0.15, -0.1) is 0 Å². The van der Waals surface area contributed by atoms with Crippen LogP contribution < -0.4 is 9.46 Å². The predicted molar refractivity (Wildman–Crippen MR) is 136 cm³/mol. The molecule has 0 atom stereocenters. The van der Waals surface area contributed by atoms with Crippen molar-refractivity contribution in [1.82, 2.24) is 19.5 Å². The van der Waals surface area contributed by atoms with E-state index in [1.165, 1.54) is 18.3 Å². The van der Waals surface area contributed by atoms with Crippen LogP contribution in [0.1, 0.15) is 47.8 Å². The first-order valence-corrected chi connectivity index (χ1v) is 14.1. The molecule has 3 aromatic rings. The van der Waals surface area contributed by atoms with E-state index in [4.69, 9.17) is 4.74 Å². The van der Waals surface area contributed by atoms with E-state index in [-0.39, 0.29) is 36.5 Å². The zero-order valence-electron chi connectivity index (χ0n) is 21.5. The Kier molecular flexibility index (Phi) is 8.88. The van der Waals surface area contributed by atoms with Crippen molar-refractivity contribution in [2.75, 3.05) is 13.2 Å². The molecular weight excluding hydrogens is 553 g/mol. The van der Waals surface area contributed by atoms with Crippen LogP contribution in [0.5, 0.6) is 5.75 Å². The van der Waals surface area contributed by atoms with Gasteiger partial charge in [-0.05, 0) is 61.6 Å². The van der Waals surface area contributed by atoms with Crippen LogP contribution in [0, 0.1) is 0 Å². The smallest absolute Gasteiger partial charge is 0.491 e. The minimum Gasteiger partial charge on any atom is -0.494 e. The molecule has 0 unspecified atom stereocenters. The molecule has 0 fully saturated rings. The Hall–Kier alpha value is -3.78.